The van der Waals surface area contributed by atoms with Crippen molar-refractivity contribution >= 4 is 22.4 Å². The Labute approximate surface area is 183 Å². The summed E-state index contributed by atoms with van der Waals surface area (Å²) in [5, 5.41) is 17.5. The van der Waals surface area contributed by atoms with Gasteiger partial charge in [-0.25, -0.2) is 9.78 Å². The van der Waals surface area contributed by atoms with E-state index in [1.165, 1.54) is 11.3 Å². The zero-order chi connectivity index (χ0) is 21.7. The fraction of sp³-hybridized carbons (Fsp3) is 0.0833. The van der Waals surface area contributed by atoms with Gasteiger partial charge in [0.2, 0.25) is 6.04 Å². The summed E-state index contributed by atoms with van der Waals surface area (Å²) in [5.41, 5.74) is 2.30. The summed E-state index contributed by atoms with van der Waals surface area (Å²) in [5.74, 6) is -1.33. The maximum Gasteiger partial charge on any atom is 0.338 e. The van der Waals surface area contributed by atoms with Gasteiger partial charge in [0.25, 0.3) is 0 Å². The first kappa shape index (κ1) is 20.4. The normalized spacial score (nSPS) is 12.1. The van der Waals surface area contributed by atoms with E-state index in [9.17, 15) is 14.8 Å². The Kier molecular flexibility index (Phi) is 5.86. The Bertz CT molecular complexity index is 1070. The number of benzene rings is 3. The molecule has 1 atom stereocenters. The van der Waals surface area contributed by atoms with Gasteiger partial charge in [0.05, 0.1) is 5.69 Å². The first-order valence-electron chi connectivity index (χ1n) is 9.60. The Morgan fingerprint density at radius 3 is 1.71 bits per heavy atom. The van der Waals surface area contributed by atoms with Crippen LogP contribution in [0.25, 0.3) is 0 Å². The topological polar surface area (TPSA) is 91.7 Å². The van der Waals surface area contributed by atoms with Gasteiger partial charge in [-0.2, -0.15) is 0 Å². The number of carboxylic acids is 1. The van der Waals surface area contributed by atoms with Crippen LogP contribution in [0.1, 0.15) is 28.4 Å². The molecule has 3 aromatic carbocycles. The molecule has 0 aliphatic rings. The SMILES string of the molecule is O=NC(C(=O)O)c1csc(NC(c2ccccc2)(c2ccccc2)c2ccccc2)n1. The molecular weight excluding hydrogens is 410 g/mol. The van der Waals surface area contributed by atoms with Gasteiger partial charge >= 0.3 is 5.97 Å². The number of aliphatic carboxylic acids is 1. The number of anilines is 1. The lowest BCUT2D eigenvalue weighted by molar-refractivity contribution is -0.138. The molecule has 7 heteroatoms. The van der Waals surface area contributed by atoms with Gasteiger partial charge in [0.15, 0.2) is 5.13 Å². The molecule has 0 saturated carbocycles. The van der Waals surface area contributed by atoms with E-state index in [2.05, 4.69) is 15.5 Å². The van der Waals surface area contributed by atoms with Crippen LogP contribution in [0.4, 0.5) is 5.13 Å². The van der Waals surface area contributed by atoms with Crippen LogP contribution in [0.5, 0.6) is 0 Å². The van der Waals surface area contributed by atoms with E-state index in [0.29, 0.717) is 5.13 Å². The Morgan fingerprint density at radius 2 is 1.32 bits per heavy atom. The van der Waals surface area contributed by atoms with Crippen molar-refractivity contribution < 1.29 is 9.90 Å². The molecule has 4 rings (SSSR count). The average molecular weight is 430 g/mol. The summed E-state index contributed by atoms with van der Waals surface area (Å²) in [6.45, 7) is 0. The molecular formula is C24H19N3O3S. The number of nitroso groups, excluding NO2 is 1. The highest BCUT2D eigenvalue weighted by molar-refractivity contribution is 7.13. The van der Waals surface area contributed by atoms with E-state index in [0.717, 1.165) is 16.7 Å². The second-order valence-corrected chi connectivity index (χ2v) is 7.75. The lowest BCUT2D eigenvalue weighted by Gasteiger charge is -2.36. The third-order valence-corrected chi connectivity index (χ3v) is 5.83. The number of nitrogens with one attached hydrogen (secondary N) is 1. The number of carboxylic acid groups (broad SMARTS) is 1. The monoisotopic (exact) mass is 429 g/mol. The quantitative estimate of drug-likeness (QED) is 0.287. The van der Waals surface area contributed by atoms with Crippen LogP contribution in [-0.4, -0.2) is 16.1 Å². The standard InChI is InChI=1S/C24H19N3O3S/c28-22(29)21(27-30)20-16-31-23(25-20)26-24(17-10-4-1-5-11-17,18-12-6-2-7-13-18)19-14-8-3-9-15-19/h1-16,21H,(H,25,26)(H,28,29). The van der Waals surface area contributed by atoms with Crippen molar-refractivity contribution in [1.82, 2.24) is 4.98 Å². The molecule has 0 aliphatic carbocycles. The third-order valence-electron chi connectivity index (χ3n) is 5.06. The van der Waals surface area contributed by atoms with Gasteiger partial charge in [-0.1, -0.05) is 91.0 Å². The van der Waals surface area contributed by atoms with Crippen molar-refractivity contribution in [3.05, 3.63) is 124 Å². The van der Waals surface area contributed by atoms with Crippen molar-refractivity contribution in [2.45, 2.75) is 11.6 Å². The van der Waals surface area contributed by atoms with Crippen LogP contribution in [0.15, 0.2) is 102 Å². The summed E-state index contributed by atoms with van der Waals surface area (Å²) >= 11 is 1.24. The highest BCUT2D eigenvalue weighted by Gasteiger charge is 2.37. The van der Waals surface area contributed by atoms with Crippen LogP contribution in [0.3, 0.4) is 0 Å². The van der Waals surface area contributed by atoms with Gasteiger partial charge in [-0.05, 0) is 21.9 Å². The fourth-order valence-corrected chi connectivity index (χ4v) is 4.42. The summed E-state index contributed by atoms with van der Waals surface area (Å²) in [7, 11) is 0. The number of hydrogen-bond donors (Lipinski definition) is 2. The van der Waals surface area contributed by atoms with Gasteiger partial charge in [0, 0.05) is 5.38 Å². The number of hydrogen-bond acceptors (Lipinski definition) is 6. The Balaban J connectivity index is 1.90. The average Bonchev–Trinajstić information content (AvgIpc) is 3.27. The summed E-state index contributed by atoms with van der Waals surface area (Å²) in [6, 6.07) is 28.4. The number of carbonyl (C=O) groups is 1. The predicted octanol–water partition coefficient (Wildman–Crippen LogP) is 5.44. The van der Waals surface area contributed by atoms with Crippen molar-refractivity contribution in [2.75, 3.05) is 5.32 Å². The Morgan fingerprint density at radius 1 is 0.871 bits per heavy atom. The molecule has 0 amide bonds. The molecule has 2 N–H and O–H groups in total. The number of thiazole rings is 1. The van der Waals surface area contributed by atoms with Crippen molar-refractivity contribution in [1.29, 1.82) is 0 Å². The highest BCUT2D eigenvalue weighted by atomic mass is 32.1. The van der Waals surface area contributed by atoms with E-state index < -0.39 is 17.6 Å². The largest absolute Gasteiger partial charge is 0.479 e. The van der Waals surface area contributed by atoms with Gasteiger partial charge in [-0.15, -0.1) is 16.2 Å². The van der Waals surface area contributed by atoms with Crippen LogP contribution < -0.4 is 5.32 Å². The lowest BCUT2D eigenvalue weighted by Crippen LogP contribution is -2.38. The smallest absolute Gasteiger partial charge is 0.338 e. The number of nitrogens with zero attached hydrogens (tertiary/aromatic N) is 2. The van der Waals surface area contributed by atoms with Gasteiger partial charge < -0.3 is 10.4 Å². The lowest BCUT2D eigenvalue weighted by atomic mass is 9.77. The van der Waals surface area contributed by atoms with Gasteiger partial charge in [-0.3, -0.25) is 0 Å². The van der Waals surface area contributed by atoms with Crippen LogP contribution in [0.2, 0.25) is 0 Å². The zero-order valence-corrected chi connectivity index (χ0v) is 17.2. The minimum absolute atomic E-state index is 0.109. The maximum absolute atomic E-state index is 11.3. The molecule has 31 heavy (non-hydrogen) atoms. The second-order valence-electron chi connectivity index (χ2n) is 6.90. The van der Waals surface area contributed by atoms with Crippen LogP contribution in [0, 0.1) is 4.91 Å². The molecule has 0 fully saturated rings. The van der Waals surface area contributed by atoms with Crippen molar-refractivity contribution in [2.24, 2.45) is 5.18 Å². The molecule has 0 bridgehead atoms. The zero-order valence-electron chi connectivity index (χ0n) is 16.4. The summed E-state index contributed by atoms with van der Waals surface area (Å²) < 4.78 is 0. The van der Waals surface area contributed by atoms with Crippen LogP contribution >= 0.6 is 11.3 Å². The Hall–Kier alpha value is -3.84. The molecule has 0 saturated heterocycles. The van der Waals surface area contributed by atoms with Crippen molar-refractivity contribution in [3.8, 4) is 0 Å². The molecule has 0 aliphatic heterocycles. The number of aromatic nitrogens is 1. The molecule has 1 heterocycles. The summed E-state index contributed by atoms with van der Waals surface area (Å²) in [6.07, 6.45) is 0. The van der Waals surface area contributed by atoms with E-state index >= 15 is 0 Å². The predicted molar refractivity (Wildman–Crippen MR) is 121 cm³/mol. The first-order chi connectivity index (χ1) is 15.1. The molecule has 4 aromatic rings. The van der Waals surface area contributed by atoms with E-state index in [1.807, 2.05) is 91.0 Å². The molecule has 154 valence electrons. The van der Waals surface area contributed by atoms with Crippen molar-refractivity contribution in [3.63, 3.8) is 0 Å². The second kappa shape index (κ2) is 8.89. The maximum atomic E-state index is 11.3. The molecule has 6 nitrogen and oxygen atoms in total. The van der Waals surface area contributed by atoms with E-state index in [-0.39, 0.29) is 5.69 Å². The minimum atomic E-state index is -1.54. The summed E-state index contributed by atoms with van der Waals surface area (Å²) in [4.78, 5) is 26.8. The third kappa shape index (κ3) is 3.95. The van der Waals surface area contributed by atoms with Gasteiger partial charge in [0.1, 0.15) is 5.54 Å². The van der Waals surface area contributed by atoms with E-state index in [1.54, 1.807) is 5.38 Å². The molecule has 1 unspecified atom stereocenters. The van der Waals surface area contributed by atoms with E-state index in [4.69, 9.17) is 0 Å². The first-order valence-corrected chi connectivity index (χ1v) is 10.5. The highest BCUT2D eigenvalue weighted by Crippen LogP contribution is 2.40. The minimum Gasteiger partial charge on any atom is -0.479 e. The molecule has 1 aromatic heterocycles. The number of rotatable bonds is 8. The molecule has 0 radical (unpaired) electrons. The fourth-order valence-electron chi connectivity index (χ4n) is 3.64. The van der Waals surface area contributed by atoms with Crippen LogP contribution in [-0.2, 0) is 10.3 Å². The molecule has 0 spiro atoms.